The monoisotopic (exact) mass is 391 g/mol. The van der Waals surface area contributed by atoms with Crippen LogP contribution in [0, 0.1) is 5.92 Å². The number of hydrogen-bond donors (Lipinski definition) is 0. The summed E-state index contributed by atoms with van der Waals surface area (Å²) in [6.07, 6.45) is 5.08. The molecule has 0 saturated heterocycles. The van der Waals surface area contributed by atoms with Gasteiger partial charge in [-0.1, -0.05) is 19.1 Å². The molecule has 0 N–H and O–H groups in total. The van der Waals surface area contributed by atoms with Crippen LogP contribution in [0.25, 0.3) is 10.9 Å². The summed E-state index contributed by atoms with van der Waals surface area (Å²) in [4.78, 5) is 31.8. The van der Waals surface area contributed by atoms with E-state index in [1.807, 2.05) is 29.2 Å². The zero-order valence-electron chi connectivity index (χ0n) is 16.6. The van der Waals surface area contributed by atoms with Crippen LogP contribution in [-0.4, -0.2) is 26.4 Å². The maximum atomic E-state index is 12.9. The first-order chi connectivity index (χ1) is 14.1. The van der Waals surface area contributed by atoms with Crippen LogP contribution >= 0.6 is 0 Å². The summed E-state index contributed by atoms with van der Waals surface area (Å²) < 4.78 is 7.54. The van der Waals surface area contributed by atoms with E-state index in [4.69, 9.17) is 4.42 Å². The molecular weight excluding hydrogens is 366 g/mol. The van der Waals surface area contributed by atoms with Crippen molar-refractivity contribution >= 4 is 16.8 Å². The highest BCUT2D eigenvalue weighted by molar-refractivity contribution is 5.78. The lowest BCUT2D eigenvalue weighted by Gasteiger charge is -2.21. The molecule has 0 aliphatic heterocycles. The van der Waals surface area contributed by atoms with E-state index in [2.05, 4.69) is 18.0 Å². The van der Waals surface area contributed by atoms with Crippen LogP contribution in [0.4, 0.5) is 0 Å². The van der Waals surface area contributed by atoms with Gasteiger partial charge in [0.25, 0.3) is 5.56 Å². The fraction of sp³-hybridized carbons (Fsp3) is 0.435. The summed E-state index contributed by atoms with van der Waals surface area (Å²) in [5.41, 5.74) is 0.578. The maximum Gasteiger partial charge on any atom is 0.261 e. The van der Waals surface area contributed by atoms with Gasteiger partial charge >= 0.3 is 0 Å². The second-order valence-electron chi connectivity index (χ2n) is 8.39. The lowest BCUT2D eigenvalue weighted by molar-refractivity contribution is -0.132. The van der Waals surface area contributed by atoms with Crippen molar-refractivity contribution in [1.82, 2.24) is 14.5 Å². The first-order valence-corrected chi connectivity index (χ1v) is 10.4. The van der Waals surface area contributed by atoms with Gasteiger partial charge in [0.2, 0.25) is 5.91 Å². The van der Waals surface area contributed by atoms with Gasteiger partial charge in [-0.2, -0.15) is 0 Å². The van der Waals surface area contributed by atoms with Crippen molar-refractivity contribution in [3.05, 3.63) is 64.6 Å². The molecular formula is C23H25N3O3. The van der Waals surface area contributed by atoms with E-state index in [1.165, 1.54) is 17.3 Å². The SMILES string of the molecule is CC1CC1c1ccc(CN(C(=O)CCn2cnc3ccccc3c2=O)C2CC2)o1. The molecule has 6 nitrogen and oxygen atoms in total. The van der Waals surface area contributed by atoms with E-state index in [-0.39, 0.29) is 17.9 Å². The third-order valence-electron chi connectivity index (χ3n) is 6.09. The van der Waals surface area contributed by atoms with Gasteiger partial charge in [-0.05, 0) is 49.4 Å². The average Bonchev–Trinajstić information content (AvgIpc) is 3.65. The molecule has 5 rings (SSSR count). The van der Waals surface area contributed by atoms with Gasteiger partial charge in [0.1, 0.15) is 11.5 Å². The summed E-state index contributed by atoms with van der Waals surface area (Å²) >= 11 is 0. The highest BCUT2D eigenvalue weighted by Gasteiger charge is 2.37. The van der Waals surface area contributed by atoms with E-state index >= 15 is 0 Å². The number of amides is 1. The minimum atomic E-state index is -0.101. The van der Waals surface area contributed by atoms with Crippen molar-refractivity contribution in [2.45, 2.75) is 57.7 Å². The third kappa shape index (κ3) is 3.71. The summed E-state index contributed by atoms with van der Waals surface area (Å²) in [7, 11) is 0. The predicted octanol–water partition coefficient (Wildman–Crippen LogP) is 3.69. The lowest BCUT2D eigenvalue weighted by atomic mass is 10.2. The molecule has 2 aliphatic rings. The van der Waals surface area contributed by atoms with Crippen LogP contribution in [0.5, 0.6) is 0 Å². The Morgan fingerprint density at radius 3 is 2.79 bits per heavy atom. The smallest absolute Gasteiger partial charge is 0.261 e. The molecule has 0 radical (unpaired) electrons. The van der Waals surface area contributed by atoms with Crippen molar-refractivity contribution in [3.8, 4) is 0 Å². The van der Waals surface area contributed by atoms with Gasteiger partial charge in [-0.15, -0.1) is 0 Å². The van der Waals surface area contributed by atoms with Crippen LogP contribution in [0.2, 0.25) is 0 Å². The minimum absolute atomic E-state index is 0.0605. The second kappa shape index (κ2) is 7.17. The van der Waals surface area contributed by atoms with Crippen molar-refractivity contribution in [2.75, 3.05) is 0 Å². The number of carbonyl (C=O) groups excluding carboxylic acids is 1. The normalized spacial score (nSPS) is 20.7. The molecule has 2 heterocycles. The largest absolute Gasteiger partial charge is 0.464 e. The zero-order chi connectivity index (χ0) is 20.0. The quantitative estimate of drug-likeness (QED) is 0.616. The Bertz CT molecular complexity index is 1110. The molecule has 2 aliphatic carbocycles. The van der Waals surface area contributed by atoms with E-state index in [0.29, 0.717) is 41.9 Å². The van der Waals surface area contributed by atoms with Gasteiger partial charge < -0.3 is 9.32 Å². The minimum Gasteiger partial charge on any atom is -0.464 e. The Balaban J connectivity index is 1.26. The predicted molar refractivity (Wildman–Crippen MR) is 109 cm³/mol. The molecule has 2 saturated carbocycles. The number of carbonyl (C=O) groups is 1. The van der Waals surface area contributed by atoms with E-state index in [1.54, 1.807) is 6.07 Å². The summed E-state index contributed by atoms with van der Waals surface area (Å²) in [6.45, 7) is 3.08. The highest BCUT2D eigenvalue weighted by atomic mass is 16.3. The van der Waals surface area contributed by atoms with Crippen LogP contribution in [0.15, 0.2) is 51.9 Å². The topological polar surface area (TPSA) is 68.3 Å². The van der Waals surface area contributed by atoms with Gasteiger partial charge in [-0.25, -0.2) is 4.98 Å². The number of aryl methyl sites for hydroxylation is 1. The molecule has 150 valence electrons. The van der Waals surface area contributed by atoms with Crippen LogP contribution < -0.4 is 5.56 Å². The number of furan rings is 1. The van der Waals surface area contributed by atoms with Crippen LogP contribution in [0.1, 0.15) is 50.0 Å². The van der Waals surface area contributed by atoms with Crippen LogP contribution in [-0.2, 0) is 17.9 Å². The molecule has 3 aromatic rings. The molecule has 0 spiro atoms. The van der Waals surface area contributed by atoms with Crippen molar-refractivity contribution in [2.24, 2.45) is 5.92 Å². The van der Waals surface area contributed by atoms with E-state index < -0.39 is 0 Å². The van der Waals surface area contributed by atoms with Crippen molar-refractivity contribution in [1.29, 1.82) is 0 Å². The summed E-state index contributed by atoms with van der Waals surface area (Å²) in [5, 5.41) is 0.582. The molecule has 2 atom stereocenters. The summed E-state index contributed by atoms with van der Waals surface area (Å²) in [5.74, 6) is 3.20. The first-order valence-electron chi connectivity index (χ1n) is 10.4. The van der Waals surface area contributed by atoms with Gasteiger partial charge in [0, 0.05) is 24.9 Å². The number of hydrogen-bond acceptors (Lipinski definition) is 4. The number of aromatic nitrogens is 2. The Labute approximate surface area is 169 Å². The number of benzene rings is 1. The standard InChI is InChI=1S/C23H25N3O3/c1-15-12-19(15)21-9-8-17(29-21)13-26(16-6-7-16)22(27)10-11-25-14-24-20-5-3-2-4-18(20)23(25)28/h2-5,8-9,14-16,19H,6-7,10-13H2,1H3. The Hall–Kier alpha value is -2.89. The third-order valence-corrected chi connectivity index (χ3v) is 6.09. The Morgan fingerprint density at radius 2 is 2.03 bits per heavy atom. The molecule has 1 amide bonds. The van der Waals surface area contributed by atoms with Gasteiger partial charge in [-0.3, -0.25) is 14.2 Å². The highest BCUT2D eigenvalue weighted by Crippen LogP contribution is 2.47. The van der Waals surface area contributed by atoms with E-state index in [9.17, 15) is 9.59 Å². The maximum absolute atomic E-state index is 12.9. The number of fused-ring (bicyclic) bond motifs is 1. The zero-order valence-corrected chi connectivity index (χ0v) is 16.6. The van der Waals surface area contributed by atoms with Crippen LogP contribution in [0.3, 0.4) is 0 Å². The second-order valence-corrected chi connectivity index (χ2v) is 8.39. The van der Waals surface area contributed by atoms with Gasteiger partial charge in [0.05, 0.1) is 23.8 Å². The number of para-hydroxylation sites is 1. The van der Waals surface area contributed by atoms with E-state index in [0.717, 1.165) is 24.4 Å². The fourth-order valence-corrected chi connectivity index (χ4v) is 4.00. The average molecular weight is 391 g/mol. The molecule has 29 heavy (non-hydrogen) atoms. The molecule has 0 bridgehead atoms. The molecule has 2 aromatic heterocycles. The number of rotatable bonds is 7. The van der Waals surface area contributed by atoms with Crippen molar-refractivity contribution in [3.63, 3.8) is 0 Å². The Morgan fingerprint density at radius 1 is 1.24 bits per heavy atom. The molecule has 6 heteroatoms. The number of nitrogens with zero attached hydrogens (tertiary/aromatic N) is 3. The fourth-order valence-electron chi connectivity index (χ4n) is 4.00. The first kappa shape index (κ1) is 18.2. The molecule has 1 aromatic carbocycles. The Kier molecular flexibility index (Phi) is 4.49. The summed E-state index contributed by atoms with van der Waals surface area (Å²) in [6, 6.07) is 11.6. The molecule has 2 unspecified atom stereocenters. The van der Waals surface area contributed by atoms with Crippen molar-refractivity contribution < 1.29 is 9.21 Å². The lowest BCUT2D eigenvalue weighted by Crippen LogP contribution is -2.34. The molecule has 2 fully saturated rings. The van der Waals surface area contributed by atoms with Gasteiger partial charge in [0.15, 0.2) is 0 Å².